The molecule has 0 aliphatic rings. The molecule has 1 amide bonds. The van der Waals surface area contributed by atoms with Crippen LogP contribution < -0.4 is 0 Å². The summed E-state index contributed by atoms with van der Waals surface area (Å²) in [5, 5.41) is 0. The second kappa shape index (κ2) is 8.26. The molecule has 0 N–H and O–H groups in total. The van der Waals surface area contributed by atoms with E-state index in [4.69, 9.17) is 9.15 Å². The minimum absolute atomic E-state index is 0.0257. The maximum Gasteiger partial charge on any atom is 0.447 e. The van der Waals surface area contributed by atoms with E-state index in [0.29, 0.717) is 17.9 Å². The normalized spacial score (nSPS) is 11.5. The average Bonchev–Trinajstić information content (AvgIpc) is 2.90. The fourth-order valence-electron chi connectivity index (χ4n) is 1.22. The molecular weight excluding hydrogens is 286 g/mol. The molecule has 0 aliphatic carbocycles. The van der Waals surface area contributed by atoms with Crippen LogP contribution >= 0.6 is 0 Å². The number of furan rings is 1. The van der Waals surface area contributed by atoms with Gasteiger partial charge in [-0.05, 0) is 18.6 Å². The van der Waals surface area contributed by atoms with E-state index in [1.165, 1.54) is 0 Å². The van der Waals surface area contributed by atoms with Gasteiger partial charge < -0.3 is 13.9 Å². The Bertz CT molecular complexity index is 520. The second-order valence-electron chi connectivity index (χ2n) is 4.01. The fourth-order valence-corrected chi connectivity index (χ4v) is 1.33. The van der Waals surface area contributed by atoms with Crippen LogP contribution in [-0.2, 0) is 38.9 Å². The summed E-state index contributed by atoms with van der Waals surface area (Å²) in [5.41, 5.74) is 0. The topological polar surface area (TPSA) is 95.2 Å². The zero-order valence-electron chi connectivity index (χ0n) is 11.2. The minimum atomic E-state index is -0.967. The van der Waals surface area contributed by atoms with E-state index in [9.17, 15) is 13.8 Å². The summed E-state index contributed by atoms with van der Waals surface area (Å²) < 4.78 is 27.9. The van der Waals surface area contributed by atoms with Crippen LogP contribution in [0.4, 0.5) is 4.79 Å². The molecule has 0 bridgehead atoms. The largest absolute Gasteiger partial charge is 0.459 e. The molecular formula is C12H15NO6S. The van der Waals surface area contributed by atoms with Gasteiger partial charge in [0.2, 0.25) is 11.5 Å². The van der Waals surface area contributed by atoms with Crippen molar-refractivity contribution in [1.29, 1.82) is 0 Å². The zero-order valence-corrected chi connectivity index (χ0v) is 12.0. The van der Waals surface area contributed by atoms with Crippen molar-refractivity contribution in [2.75, 3.05) is 0 Å². The third-order valence-corrected chi connectivity index (χ3v) is 2.76. The lowest BCUT2D eigenvalue weighted by molar-refractivity contribution is -0.149. The van der Waals surface area contributed by atoms with E-state index in [-0.39, 0.29) is 36.6 Å². The zero-order chi connectivity index (χ0) is 15.0. The Labute approximate surface area is 119 Å². The first-order chi connectivity index (χ1) is 9.56. The molecule has 0 aromatic carbocycles. The Kier molecular flexibility index (Phi) is 6.65. The number of nitrogens with zero attached hydrogens (tertiary/aromatic N) is 1. The quantitative estimate of drug-likeness (QED) is 0.749. The first-order valence-electron chi connectivity index (χ1n) is 5.97. The molecule has 0 fully saturated rings. The van der Waals surface area contributed by atoms with Crippen LogP contribution in [0, 0.1) is 5.92 Å². The van der Waals surface area contributed by atoms with Crippen molar-refractivity contribution >= 4 is 23.5 Å². The van der Waals surface area contributed by atoms with Crippen LogP contribution in [0.25, 0.3) is 0 Å². The van der Waals surface area contributed by atoms with Crippen LogP contribution in [0.1, 0.15) is 31.8 Å². The highest BCUT2D eigenvalue weighted by Crippen LogP contribution is 2.12. The lowest BCUT2D eigenvalue weighted by Crippen LogP contribution is -2.13. The minimum Gasteiger partial charge on any atom is -0.459 e. The van der Waals surface area contributed by atoms with Crippen LogP contribution in [0.2, 0.25) is 0 Å². The number of ether oxygens (including phenoxy) is 2. The second-order valence-corrected chi connectivity index (χ2v) is 4.34. The van der Waals surface area contributed by atoms with Gasteiger partial charge in [-0.1, -0.05) is 18.2 Å². The number of esters is 1. The molecule has 1 atom stereocenters. The van der Waals surface area contributed by atoms with Crippen LogP contribution in [0.3, 0.4) is 0 Å². The lowest BCUT2D eigenvalue weighted by atomic mass is 10.1. The number of carbonyl (C=O) groups is 2. The molecule has 0 radical (unpaired) electrons. The standard InChI is InChI=1S/C12H15NO6S/c1-3-8(2)11(14)17-6-9-4-5-10(19-9)7-18-12(15)13-20-16/h4-5,8H,3,6-7H2,1-2H3. The van der Waals surface area contributed by atoms with E-state index >= 15 is 0 Å². The van der Waals surface area contributed by atoms with Crippen molar-refractivity contribution in [3.8, 4) is 0 Å². The highest BCUT2D eigenvalue weighted by Gasteiger charge is 2.13. The first kappa shape index (κ1) is 16.1. The predicted molar refractivity (Wildman–Crippen MR) is 68.7 cm³/mol. The molecule has 1 aromatic heterocycles. The third kappa shape index (κ3) is 5.35. The fraction of sp³-hybridized carbons (Fsp3) is 0.500. The molecule has 1 rings (SSSR count). The maximum absolute atomic E-state index is 11.5. The Morgan fingerprint density at radius 1 is 1.30 bits per heavy atom. The molecule has 20 heavy (non-hydrogen) atoms. The molecule has 110 valence electrons. The van der Waals surface area contributed by atoms with Gasteiger partial charge in [0, 0.05) is 0 Å². The van der Waals surface area contributed by atoms with Gasteiger partial charge >= 0.3 is 12.1 Å². The molecule has 8 heteroatoms. The number of carbonyl (C=O) groups excluding carboxylic acids is 2. The first-order valence-corrected chi connectivity index (χ1v) is 6.67. The van der Waals surface area contributed by atoms with Crippen LogP contribution in [0.5, 0.6) is 0 Å². The number of hydrogen-bond acceptors (Lipinski definition) is 6. The number of hydrogen-bond donors (Lipinski definition) is 0. The molecule has 7 nitrogen and oxygen atoms in total. The highest BCUT2D eigenvalue weighted by atomic mass is 32.1. The molecule has 1 unspecified atom stereocenters. The van der Waals surface area contributed by atoms with E-state index in [1.807, 2.05) is 6.92 Å². The van der Waals surface area contributed by atoms with Gasteiger partial charge in [0.25, 0.3) is 0 Å². The Balaban J connectivity index is 2.41. The smallest absolute Gasteiger partial charge is 0.447 e. The van der Waals surface area contributed by atoms with Gasteiger partial charge in [0.1, 0.15) is 18.1 Å². The number of amides is 1. The molecule has 1 heterocycles. The molecule has 1 aromatic rings. The van der Waals surface area contributed by atoms with Gasteiger partial charge in [-0.3, -0.25) is 4.79 Å². The molecule has 0 spiro atoms. The SMILES string of the molecule is CCC(C)C(=O)OCc1ccc(COC(=O)N=S=O)o1. The summed E-state index contributed by atoms with van der Waals surface area (Å²) in [7, 11) is 0. The van der Waals surface area contributed by atoms with Gasteiger partial charge in [-0.2, -0.15) is 4.21 Å². The van der Waals surface area contributed by atoms with Crippen molar-refractivity contribution < 1.29 is 27.7 Å². The Hall–Kier alpha value is -1.96. The van der Waals surface area contributed by atoms with Crippen LogP contribution in [-0.4, -0.2) is 16.3 Å². The van der Waals surface area contributed by atoms with Crippen molar-refractivity contribution in [1.82, 2.24) is 0 Å². The maximum atomic E-state index is 11.5. The van der Waals surface area contributed by atoms with Crippen molar-refractivity contribution in [3.63, 3.8) is 0 Å². The number of rotatable bonds is 6. The van der Waals surface area contributed by atoms with Crippen LogP contribution in [0.15, 0.2) is 20.9 Å². The molecule has 0 saturated heterocycles. The summed E-state index contributed by atoms with van der Waals surface area (Å²) >= 11 is -0.221. The predicted octanol–water partition coefficient (Wildman–Crippen LogP) is 2.40. The van der Waals surface area contributed by atoms with Crippen molar-refractivity contribution in [3.05, 3.63) is 23.7 Å². The average molecular weight is 301 g/mol. The van der Waals surface area contributed by atoms with E-state index in [0.717, 1.165) is 0 Å². The van der Waals surface area contributed by atoms with Gasteiger partial charge in [0.05, 0.1) is 5.92 Å². The molecule has 0 aliphatic heterocycles. The Morgan fingerprint density at radius 3 is 2.45 bits per heavy atom. The summed E-state index contributed by atoms with van der Waals surface area (Å²) in [6, 6.07) is 3.20. The lowest BCUT2D eigenvalue weighted by Gasteiger charge is -2.07. The summed E-state index contributed by atoms with van der Waals surface area (Å²) in [5.74, 6) is 0.376. The van der Waals surface area contributed by atoms with Gasteiger partial charge in [-0.15, -0.1) is 0 Å². The van der Waals surface area contributed by atoms with Gasteiger partial charge in [0.15, 0.2) is 6.61 Å². The summed E-state index contributed by atoms with van der Waals surface area (Å²) in [6.07, 6.45) is -0.259. The van der Waals surface area contributed by atoms with E-state index in [1.54, 1.807) is 19.1 Å². The van der Waals surface area contributed by atoms with E-state index in [2.05, 4.69) is 9.10 Å². The third-order valence-electron chi connectivity index (χ3n) is 2.54. The van der Waals surface area contributed by atoms with Crippen molar-refractivity contribution in [2.45, 2.75) is 33.5 Å². The highest BCUT2D eigenvalue weighted by molar-refractivity contribution is 7.55. The monoisotopic (exact) mass is 301 g/mol. The van der Waals surface area contributed by atoms with Crippen molar-refractivity contribution in [2.24, 2.45) is 10.3 Å². The summed E-state index contributed by atoms with van der Waals surface area (Å²) in [6.45, 7) is 3.57. The van der Waals surface area contributed by atoms with E-state index < -0.39 is 6.09 Å². The molecule has 0 saturated carbocycles. The summed E-state index contributed by atoms with van der Waals surface area (Å²) in [4.78, 5) is 22.3. The van der Waals surface area contributed by atoms with Gasteiger partial charge in [-0.25, -0.2) is 4.79 Å². The Morgan fingerprint density at radius 2 is 1.90 bits per heavy atom.